The number of aliphatic hydroxyl groups is 1. The fourth-order valence-corrected chi connectivity index (χ4v) is 3.66. The zero-order valence-electron chi connectivity index (χ0n) is 14.6. The highest BCUT2D eigenvalue weighted by Gasteiger charge is 2.37. The molecular weight excluding hydrogens is 296 g/mol. The fourth-order valence-electron chi connectivity index (χ4n) is 3.66. The standard InChI is InChI=1S/C18H32O5/c1-3-4-5-9-18(21-11-12-22-18)10-8-15-6-7-17(20)23-14(2)13-16(15)19/h14-16,19H,3-13H2,1-2H3/t14-,15+,16-/m1/s1. The van der Waals surface area contributed by atoms with Crippen LogP contribution in [0.25, 0.3) is 0 Å². The van der Waals surface area contributed by atoms with Crippen LogP contribution < -0.4 is 0 Å². The zero-order chi connectivity index (χ0) is 16.7. The quantitative estimate of drug-likeness (QED) is 0.574. The zero-order valence-corrected chi connectivity index (χ0v) is 14.6. The first-order chi connectivity index (χ1) is 11.0. The lowest BCUT2D eigenvalue weighted by Gasteiger charge is -2.32. The Bertz CT molecular complexity index is 364. The molecule has 134 valence electrons. The van der Waals surface area contributed by atoms with Crippen LogP contribution in [0, 0.1) is 5.92 Å². The number of unbranched alkanes of at least 4 members (excludes halogenated alkanes) is 2. The van der Waals surface area contributed by atoms with Gasteiger partial charge in [0.1, 0.15) is 6.10 Å². The van der Waals surface area contributed by atoms with E-state index in [2.05, 4.69) is 6.92 Å². The summed E-state index contributed by atoms with van der Waals surface area (Å²) in [5.74, 6) is -0.509. The molecule has 0 aromatic rings. The van der Waals surface area contributed by atoms with E-state index >= 15 is 0 Å². The number of hydrogen-bond donors (Lipinski definition) is 1. The molecule has 2 rings (SSSR count). The predicted molar refractivity (Wildman–Crippen MR) is 86.9 cm³/mol. The average molecular weight is 328 g/mol. The van der Waals surface area contributed by atoms with Gasteiger partial charge in [-0.05, 0) is 32.1 Å². The van der Waals surface area contributed by atoms with Crippen LogP contribution in [-0.4, -0.2) is 42.3 Å². The first-order valence-corrected chi connectivity index (χ1v) is 9.20. The highest BCUT2D eigenvalue weighted by molar-refractivity contribution is 5.69. The molecule has 1 N–H and O–H groups in total. The Balaban J connectivity index is 1.88. The number of cyclic esters (lactones) is 1. The van der Waals surface area contributed by atoms with E-state index in [4.69, 9.17) is 14.2 Å². The van der Waals surface area contributed by atoms with Gasteiger partial charge in [-0.1, -0.05) is 19.8 Å². The van der Waals surface area contributed by atoms with Crippen molar-refractivity contribution in [2.45, 2.75) is 89.6 Å². The number of rotatable bonds is 7. The largest absolute Gasteiger partial charge is 0.463 e. The Hall–Kier alpha value is -0.650. The molecule has 0 amide bonds. The lowest BCUT2D eigenvalue weighted by Crippen LogP contribution is -2.35. The van der Waals surface area contributed by atoms with Crippen LogP contribution in [0.2, 0.25) is 0 Å². The molecule has 0 aromatic carbocycles. The number of esters is 1. The van der Waals surface area contributed by atoms with E-state index in [9.17, 15) is 9.90 Å². The van der Waals surface area contributed by atoms with E-state index < -0.39 is 11.9 Å². The Morgan fingerprint density at radius 2 is 1.96 bits per heavy atom. The minimum atomic E-state index is -0.469. The third kappa shape index (κ3) is 5.73. The van der Waals surface area contributed by atoms with Gasteiger partial charge in [0.25, 0.3) is 0 Å². The van der Waals surface area contributed by atoms with E-state index in [0.717, 1.165) is 25.7 Å². The smallest absolute Gasteiger partial charge is 0.306 e. The molecule has 23 heavy (non-hydrogen) atoms. The summed E-state index contributed by atoms with van der Waals surface area (Å²) in [5.41, 5.74) is 0. The van der Waals surface area contributed by atoms with Gasteiger partial charge in [0.15, 0.2) is 5.79 Å². The second-order valence-electron chi connectivity index (χ2n) is 7.01. The molecule has 2 aliphatic rings. The second-order valence-corrected chi connectivity index (χ2v) is 7.01. The maximum atomic E-state index is 11.6. The molecule has 0 unspecified atom stereocenters. The highest BCUT2D eigenvalue weighted by atomic mass is 16.7. The van der Waals surface area contributed by atoms with Gasteiger partial charge in [0.05, 0.1) is 19.3 Å². The van der Waals surface area contributed by atoms with Crippen LogP contribution in [-0.2, 0) is 19.0 Å². The molecule has 2 heterocycles. The van der Waals surface area contributed by atoms with Crippen molar-refractivity contribution in [3.8, 4) is 0 Å². The Morgan fingerprint density at radius 1 is 1.22 bits per heavy atom. The van der Waals surface area contributed by atoms with Crippen LogP contribution in [0.15, 0.2) is 0 Å². The molecule has 2 fully saturated rings. The molecule has 2 aliphatic heterocycles. The van der Waals surface area contributed by atoms with Gasteiger partial charge < -0.3 is 19.3 Å². The fraction of sp³-hybridized carbons (Fsp3) is 0.944. The van der Waals surface area contributed by atoms with Gasteiger partial charge >= 0.3 is 5.97 Å². The molecule has 3 atom stereocenters. The van der Waals surface area contributed by atoms with Crippen LogP contribution >= 0.6 is 0 Å². The summed E-state index contributed by atoms with van der Waals surface area (Å²) in [5, 5.41) is 10.4. The molecule has 0 aliphatic carbocycles. The third-order valence-corrected chi connectivity index (χ3v) is 5.04. The van der Waals surface area contributed by atoms with E-state index in [1.54, 1.807) is 0 Å². The first kappa shape index (κ1) is 18.7. The Labute approximate surface area is 139 Å². The summed E-state index contributed by atoms with van der Waals surface area (Å²) in [6.45, 7) is 5.35. The number of carbonyl (C=O) groups is 1. The number of ether oxygens (including phenoxy) is 3. The summed E-state index contributed by atoms with van der Waals surface area (Å²) in [7, 11) is 0. The summed E-state index contributed by atoms with van der Waals surface area (Å²) in [6, 6.07) is 0. The van der Waals surface area contributed by atoms with Crippen LogP contribution in [0.4, 0.5) is 0 Å². The maximum absolute atomic E-state index is 11.6. The summed E-state index contributed by atoms with van der Waals surface area (Å²) in [6.07, 6.45) is 6.95. The van der Waals surface area contributed by atoms with Crippen molar-refractivity contribution in [3.05, 3.63) is 0 Å². The minimum Gasteiger partial charge on any atom is -0.463 e. The number of hydrogen-bond acceptors (Lipinski definition) is 5. The molecule has 5 nitrogen and oxygen atoms in total. The molecule has 0 bridgehead atoms. The Morgan fingerprint density at radius 3 is 2.65 bits per heavy atom. The van der Waals surface area contributed by atoms with Gasteiger partial charge in [0.2, 0.25) is 0 Å². The van der Waals surface area contributed by atoms with Crippen molar-refractivity contribution in [2.24, 2.45) is 5.92 Å². The van der Waals surface area contributed by atoms with E-state index in [-0.39, 0.29) is 18.0 Å². The molecule has 0 radical (unpaired) electrons. The van der Waals surface area contributed by atoms with Gasteiger partial charge in [0, 0.05) is 25.7 Å². The lowest BCUT2D eigenvalue weighted by atomic mass is 9.86. The summed E-state index contributed by atoms with van der Waals surface area (Å²) < 4.78 is 17.1. The topological polar surface area (TPSA) is 65.0 Å². The molecular formula is C18H32O5. The van der Waals surface area contributed by atoms with Crippen molar-refractivity contribution < 1.29 is 24.1 Å². The lowest BCUT2D eigenvalue weighted by molar-refractivity contribution is -0.172. The maximum Gasteiger partial charge on any atom is 0.306 e. The monoisotopic (exact) mass is 328 g/mol. The van der Waals surface area contributed by atoms with Gasteiger partial charge in [-0.25, -0.2) is 0 Å². The highest BCUT2D eigenvalue weighted by Crippen LogP contribution is 2.35. The Kier molecular flexibility index (Phi) is 7.31. The van der Waals surface area contributed by atoms with Crippen molar-refractivity contribution in [1.29, 1.82) is 0 Å². The van der Waals surface area contributed by atoms with Gasteiger partial charge in [-0.2, -0.15) is 0 Å². The first-order valence-electron chi connectivity index (χ1n) is 9.20. The molecule has 5 heteroatoms. The SMILES string of the molecule is CCCCCC1(CC[C@@H]2CCC(=O)O[C@H](C)C[C@H]2O)OCCO1. The van der Waals surface area contributed by atoms with Crippen molar-refractivity contribution >= 4 is 5.97 Å². The normalized spacial score (nSPS) is 31.4. The predicted octanol–water partition coefficient (Wildman–Crippen LogP) is 3.18. The van der Waals surface area contributed by atoms with E-state index in [0.29, 0.717) is 32.5 Å². The van der Waals surface area contributed by atoms with E-state index in [1.807, 2.05) is 6.92 Å². The van der Waals surface area contributed by atoms with Crippen molar-refractivity contribution in [1.82, 2.24) is 0 Å². The van der Waals surface area contributed by atoms with Gasteiger partial charge in [-0.15, -0.1) is 0 Å². The van der Waals surface area contributed by atoms with Crippen LogP contribution in [0.1, 0.15) is 71.6 Å². The van der Waals surface area contributed by atoms with Crippen molar-refractivity contribution in [2.75, 3.05) is 13.2 Å². The summed E-state index contributed by atoms with van der Waals surface area (Å²) >= 11 is 0. The minimum absolute atomic E-state index is 0.112. The molecule has 0 saturated carbocycles. The number of carbonyl (C=O) groups excluding carboxylic acids is 1. The average Bonchev–Trinajstić information content (AvgIpc) is 2.95. The van der Waals surface area contributed by atoms with Gasteiger partial charge in [-0.3, -0.25) is 4.79 Å². The second kappa shape index (κ2) is 9.00. The molecule has 0 spiro atoms. The van der Waals surface area contributed by atoms with Crippen LogP contribution in [0.3, 0.4) is 0 Å². The van der Waals surface area contributed by atoms with Crippen LogP contribution in [0.5, 0.6) is 0 Å². The van der Waals surface area contributed by atoms with E-state index in [1.165, 1.54) is 12.8 Å². The van der Waals surface area contributed by atoms with Crippen molar-refractivity contribution in [3.63, 3.8) is 0 Å². The molecule has 2 saturated heterocycles. The number of aliphatic hydroxyl groups excluding tert-OH is 1. The summed E-state index contributed by atoms with van der Waals surface area (Å²) in [4.78, 5) is 11.6. The molecule has 0 aromatic heterocycles. The third-order valence-electron chi connectivity index (χ3n) is 5.04.